The maximum Gasteiger partial charge on any atom is 0.264 e. The van der Waals surface area contributed by atoms with Crippen LogP contribution < -0.4 is 10.3 Å². The van der Waals surface area contributed by atoms with Gasteiger partial charge >= 0.3 is 0 Å². The summed E-state index contributed by atoms with van der Waals surface area (Å²) in [5, 5.41) is 10.8. The predicted octanol–water partition coefficient (Wildman–Crippen LogP) is 3.69. The Bertz CT molecular complexity index is 1190. The summed E-state index contributed by atoms with van der Waals surface area (Å²) in [6.45, 7) is 2.81. The lowest BCUT2D eigenvalue weighted by Gasteiger charge is -2.30. The van der Waals surface area contributed by atoms with Crippen molar-refractivity contribution in [1.29, 1.82) is 0 Å². The molecule has 0 radical (unpaired) electrons. The van der Waals surface area contributed by atoms with E-state index in [1.807, 2.05) is 6.07 Å². The maximum absolute atomic E-state index is 12.5. The number of piperidine rings is 1. The molecule has 0 spiro atoms. The third kappa shape index (κ3) is 4.98. The van der Waals surface area contributed by atoms with Gasteiger partial charge in [-0.15, -0.1) is 0 Å². The van der Waals surface area contributed by atoms with Crippen LogP contribution >= 0.6 is 12.2 Å². The van der Waals surface area contributed by atoms with Crippen molar-refractivity contribution < 1.29 is 9.84 Å². The number of hydrogen-bond donors (Lipinski definition) is 2. The van der Waals surface area contributed by atoms with E-state index < -0.39 is 5.56 Å². The Morgan fingerprint density at radius 3 is 2.50 bits per heavy atom. The van der Waals surface area contributed by atoms with Crippen LogP contribution in [0.25, 0.3) is 5.69 Å². The molecule has 8 heteroatoms. The van der Waals surface area contributed by atoms with E-state index in [1.54, 1.807) is 31.4 Å². The number of likely N-dealkylation sites (tertiary alicyclic amines) is 1. The number of aromatic nitrogens is 2. The lowest BCUT2D eigenvalue weighted by atomic mass is 10.0. The van der Waals surface area contributed by atoms with Crippen molar-refractivity contribution in [3.63, 3.8) is 0 Å². The Kier molecular flexibility index (Phi) is 6.82. The van der Waals surface area contributed by atoms with Crippen LogP contribution in [-0.2, 0) is 6.54 Å². The van der Waals surface area contributed by atoms with Crippen molar-refractivity contribution in [3.05, 3.63) is 80.8 Å². The fourth-order valence-corrected chi connectivity index (χ4v) is 4.16. The molecule has 2 heterocycles. The van der Waals surface area contributed by atoms with Gasteiger partial charge < -0.3 is 9.84 Å². The maximum atomic E-state index is 12.5. The molecule has 0 saturated carbocycles. The van der Waals surface area contributed by atoms with Crippen molar-refractivity contribution in [1.82, 2.24) is 14.5 Å². The second-order valence-electron chi connectivity index (χ2n) is 7.80. The first-order chi connectivity index (χ1) is 15.5. The van der Waals surface area contributed by atoms with Gasteiger partial charge in [0.15, 0.2) is 4.77 Å². The number of methoxy groups -OCH3 is 1. The number of aromatic hydroxyl groups is 1. The molecule has 1 saturated heterocycles. The average molecular weight is 451 g/mol. The van der Waals surface area contributed by atoms with Gasteiger partial charge in [0.2, 0.25) is 5.88 Å². The molecule has 32 heavy (non-hydrogen) atoms. The third-order valence-electron chi connectivity index (χ3n) is 5.67. The number of ether oxygens (including phenoxy) is 1. The zero-order chi connectivity index (χ0) is 22.5. The molecule has 0 unspecified atom stereocenters. The number of hydrogen-bond acceptors (Lipinski definition) is 6. The van der Waals surface area contributed by atoms with Crippen LogP contribution in [0.3, 0.4) is 0 Å². The SMILES string of the molecule is COc1ccc(-n2c(O)c(C=NC3CCN(Cc4ccccc4)CC3)c(=O)[nH]c2=S)cc1. The Balaban J connectivity index is 1.48. The van der Waals surface area contributed by atoms with Gasteiger partial charge in [-0.3, -0.25) is 24.2 Å². The normalized spacial score (nSPS) is 15.3. The molecule has 1 fully saturated rings. The number of benzene rings is 2. The van der Waals surface area contributed by atoms with E-state index in [4.69, 9.17) is 17.0 Å². The van der Waals surface area contributed by atoms with E-state index in [0.717, 1.165) is 32.5 Å². The quantitative estimate of drug-likeness (QED) is 0.442. The molecule has 0 bridgehead atoms. The molecule has 2 N–H and O–H groups in total. The summed E-state index contributed by atoms with van der Waals surface area (Å²) in [6.07, 6.45) is 3.28. The van der Waals surface area contributed by atoms with Crippen LogP contribution in [0, 0.1) is 4.77 Å². The predicted molar refractivity (Wildman–Crippen MR) is 128 cm³/mol. The van der Waals surface area contributed by atoms with Gasteiger partial charge in [0, 0.05) is 25.8 Å². The summed E-state index contributed by atoms with van der Waals surface area (Å²) in [4.78, 5) is 22.1. The Hall–Kier alpha value is -3.23. The van der Waals surface area contributed by atoms with Crippen LogP contribution in [0.2, 0.25) is 0 Å². The monoisotopic (exact) mass is 450 g/mol. The van der Waals surface area contributed by atoms with E-state index >= 15 is 0 Å². The van der Waals surface area contributed by atoms with Crippen molar-refractivity contribution in [2.24, 2.45) is 4.99 Å². The van der Waals surface area contributed by atoms with E-state index in [0.29, 0.717) is 11.4 Å². The average Bonchev–Trinajstić information content (AvgIpc) is 2.81. The lowest BCUT2D eigenvalue weighted by molar-refractivity contribution is 0.206. The number of aromatic amines is 1. The third-order valence-corrected chi connectivity index (χ3v) is 5.96. The van der Waals surface area contributed by atoms with Gasteiger partial charge in [0.25, 0.3) is 5.56 Å². The Morgan fingerprint density at radius 1 is 1.16 bits per heavy atom. The van der Waals surface area contributed by atoms with Gasteiger partial charge in [-0.05, 0) is 54.9 Å². The number of rotatable bonds is 6. The standard InChI is InChI=1S/C24H26N4O3S/c1-31-20-9-7-19(8-10-20)28-23(30)21(22(29)26-24(28)32)15-25-18-11-13-27(14-12-18)16-17-5-3-2-4-6-17/h2-10,15,18,30H,11-14,16H2,1H3,(H,26,29,32). The van der Waals surface area contributed by atoms with Crippen LogP contribution in [0.15, 0.2) is 64.4 Å². The molecule has 1 aromatic heterocycles. The summed E-state index contributed by atoms with van der Waals surface area (Å²) in [5.41, 5.74) is 1.56. The Labute approximate surface area is 191 Å². The van der Waals surface area contributed by atoms with Crippen molar-refractivity contribution in [3.8, 4) is 17.3 Å². The highest BCUT2D eigenvalue weighted by molar-refractivity contribution is 7.71. The molecule has 4 rings (SSSR count). The molecule has 0 atom stereocenters. The Morgan fingerprint density at radius 2 is 1.84 bits per heavy atom. The lowest BCUT2D eigenvalue weighted by Crippen LogP contribution is -2.34. The zero-order valence-corrected chi connectivity index (χ0v) is 18.7. The molecular formula is C24H26N4O3S. The van der Waals surface area contributed by atoms with Crippen LogP contribution in [-0.4, -0.2) is 52.0 Å². The number of H-pyrrole nitrogens is 1. The molecule has 3 aromatic rings. The minimum absolute atomic E-state index is 0.0983. The van der Waals surface area contributed by atoms with E-state index in [1.165, 1.54) is 16.3 Å². The fraction of sp³-hybridized carbons (Fsp3) is 0.292. The second-order valence-corrected chi connectivity index (χ2v) is 8.19. The summed E-state index contributed by atoms with van der Waals surface area (Å²) in [6, 6.07) is 17.6. The first kappa shape index (κ1) is 22.0. The minimum Gasteiger partial charge on any atom is -0.497 e. The van der Waals surface area contributed by atoms with Crippen molar-refractivity contribution in [2.45, 2.75) is 25.4 Å². The van der Waals surface area contributed by atoms with E-state index in [9.17, 15) is 9.90 Å². The van der Waals surface area contributed by atoms with Crippen LogP contribution in [0.5, 0.6) is 11.6 Å². The fourth-order valence-electron chi connectivity index (χ4n) is 3.87. The molecule has 1 aliphatic heterocycles. The highest BCUT2D eigenvalue weighted by Crippen LogP contribution is 2.22. The molecule has 7 nitrogen and oxygen atoms in total. The van der Waals surface area contributed by atoms with Gasteiger partial charge in [0.05, 0.1) is 18.8 Å². The number of aliphatic imine (C=N–C) groups is 1. The summed E-state index contributed by atoms with van der Waals surface area (Å²) >= 11 is 5.27. The summed E-state index contributed by atoms with van der Waals surface area (Å²) < 4.78 is 6.71. The summed E-state index contributed by atoms with van der Waals surface area (Å²) in [7, 11) is 1.58. The summed E-state index contributed by atoms with van der Waals surface area (Å²) in [5.74, 6) is 0.457. The molecule has 0 amide bonds. The van der Waals surface area contributed by atoms with Crippen molar-refractivity contribution >= 4 is 18.4 Å². The van der Waals surface area contributed by atoms with Crippen LogP contribution in [0.4, 0.5) is 0 Å². The van der Waals surface area contributed by atoms with Gasteiger partial charge in [-0.1, -0.05) is 30.3 Å². The second kappa shape index (κ2) is 9.93. The van der Waals surface area contributed by atoms with E-state index in [2.05, 4.69) is 39.1 Å². The number of nitrogens with one attached hydrogen (secondary N) is 1. The van der Waals surface area contributed by atoms with Gasteiger partial charge in [-0.2, -0.15) is 0 Å². The molecule has 2 aromatic carbocycles. The smallest absolute Gasteiger partial charge is 0.264 e. The van der Waals surface area contributed by atoms with Gasteiger partial charge in [-0.25, -0.2) is 0 Å². The highest BCUT2D eigenvalue weighted by atomic mass is 32.1. The minimum atomic E-state index is -0.456. The first-order valence-electron chi connectivity index (χ1n) is 10.6. The topological polar surface area (TPSA) is 82.8 Å². The largest absolute Gasteiger partial charge is 0.497 e. The molecule has 0 aliphatic carbocycles. The highest BCUT2D eigenvalue weighted by Gasteiger charge is 2.19. The van der Waals surface area contributed by atoms with Gasteiger partial charge in [0.1, 0.15) is 11.3 Å². The van der Waals surface area contributed by atoms with E-state index in [-0.39, 0.29) is 22.3 Å². The molecule has 1 aliphatic rings. The van der Waals surface area contributed by atoms with Crippen molar-refractivity contribution in [2.75, 3.05) is 20.2 Å². The van der Waals surface area contributed by atoms with Crippen LogP contribution in [0.1, 0.15) is 24.0 Å². The number of nitrogens with zero attached hydrogens (tertiary/aromatic N) is 3. The zero-order valence-electron chi connectivity index (χ0n) is 17.9. The molecular weight excluding hydrogens is 424 g/mol. The first-order valence-corrected chi connectivity index (χ1v) is 11.0. The molecule has 166 valence electrons.